The Morgan fingerprint density at radius 3 is 2.82 bits per heavy atom. The van der Waals surface area contributed by atoms with Crippen LogP contribution in [0, 0.1) is 0 Å². The van der Waals surface area contributed by atoms with Crippen LogP contribution in [-0.2, 0) is 6.54 Å². The molecule has 0 N–H and O–H groups in total. The summed E-state index contributed by atoms with van der Waals surface area (Å²) in [6.07, 6.45) is 10.5. The Labute approximate surface area is 105 Å². The summed E-state index contributed by atoms with van der Waals surface area (Å²) in [7, 11) is 2.20. The first kappa shape index (κ1) is 14.0. The van der Waals surface area contributed by atoms with Crippen molar-refractivity contribution in [2.45, 2.75) is 46.2 Å². The van der Waals surface area contributed by atoms with Gasteiger partial charge in [0.2, 0.25) is 0 Å². The molecule has 0 radical (unpaired) electrons. The van der Waals surface area contributed by atoms with Crippen molar-refractivity contribution in [3.63, 3.8) is 0 Å². The van der Waals surface area contributed by atoms with Gasteiger partial charge < -0.3 is 9.47 Å². The van der Waals surface area contributed by atoms with Crippen LogP contribution in [0.15, 0.2) is 30.4 Å². The molecule has 0 unspecified atom stereocenters. The van der Waals surface area contributed by atoms with E-state index >= 15 is 0 Å². The summed E-state index contributed by atoms with van der Waals surface area (Å²) in [4.78, 5) is 6.47. The summed E-state index contributed by atoms with van der Waals surface area (Å²) < 4.78 is 2.12. The van der Waals surface area contributed by atoms with Crippen molar-refractivity contribution in [1.29, 1.82) is 0 Å². The second-order valence-electron chi connectivity index (χ2n) is 4.99. The fourth-order valence-corrected chi connectivity index (χ4v) is 1.75. The lowest BCUT2D eigenvalue weighted by Crippen LogP contribution is -2.31. The Morgan fingerprint density at radius 2 is 2.24 bits per heavy atom. The van der Waals surface area contributed by atoms with Gasteiger partial charge in [0, 0.05) is 31.5 Å². The first-order valence-corrected chi connectivity index (χ1v) is 6.39. The average molecular weight is 235 g/mol. The zero-order valence-corrected chi connectivity index (χ0v) is 11.6. The lowest BCUT2D eigenvalue weighted by Gasteiger charge is -2.24. The van der Waals surface area contributed by atoms with Crippen molar-refractivity contribution < 1.29 is 0 Å². The van der Waals surface area contributed by atoms with Crippen LogP contribution in [0.25, 0.3) is 0 Å². The molecular weight excluding hydrogens is 210 g/mol. The van der Waals surface area contributed by atoms with Crippen LogP contribution in [0.4, 0.5) is 0 Å². The lowest BCUT2D eigenvalue weighted by molar-refractivity contribution is 0.238. The van der Waals surface area contributed by atoms with E-state index < -0.39 is 0 Å². The molecule has 1 aromatic rings. The number of likely N-dealkylation sites (N-methyl/N-ethyl adjacent to an activating group) is 1. The van der Waals surface area contributed by atoms with Gasteiger partial charge in [-0.25, -0.2) is 4.98 Å². The minimum Gasteiger partial charge on any atom is -0.336 e. The second kappa shape index (κ2) is 7.28. The number of nitrogens with zero attached hydrogens (tertiary/aromatic N) is 3. The van der Waals surface area contributed by atoms with E-state index in [1.807, 2.05) is 18.7 Å². The van der Waals surface area contributed by atoms with Gasteiger partial charge in [0.05, 0.1) is 6.33 Å². The van der Waals surface area contributed by atoms with Crippen molar-refractivity contribution in [2.24, 2.45) is 0 Å². The first-order valence-electron chi connectivity index (χ1n) is 6.39. The van der Waals surface area contributed by atoms with E-state index in [1.54, 1.807) is 0 Å². The molecule has 0 bridgehead atoms. The zero-order chi connectivity index (χ0) is 12.7. The first-order chi connectivity index (χ1) is 8.09. The van der Waals surface area contributed by atoms with Crippen LogP contribution in [0.5, 0.6) is 0 Å². The van der Waals surface area contributed by atoms with Gasteiger partial charge in [-0.3, -0.25) is 0 Å². The maximum Gasteiger partial charge on any atom is 0.0946 e. The van der Waals surface area contributed by atoms with Crippen LogP contribution in [-0.4, -0.2) is 34.1 Å². The molecule has 0 aliphatic heterocycles. The quantitative estimate of drug-likeness (QED) is 0.678. The number of aromatic nitrogens is 2. The van der Waals surface area contributed by atoms with Gasteiger partial charge in [-0.05, 0) is 40.7 Å². The molecule has 1 heterocycles. The van der Waals surface area contributed by atoms with E-state index in [0.717, 1.165) is 13.1 Å². The van der Waals surface area contributed by atoms with E-state index in [1.165, 1.54) is 18.4 Å². The van der Waals surface area contributed by atoms with Crippen LogP contribution in [0.1, 0.15) is 33.6 Å². The highest BCUT2D eigenvalue weighted by molar-refractivity contribution is 4.93. The molecule has 0 spiro atoms. The monoisotopic (exact) mass is 235 g/mol. The minimum absolute atomic E-state index is 0.633. The summed E-state index contributed by atoms with van der Waals surface area (Å²) in [5.74, 6) is 0. The Bertz CT molecular complexity index is 323. The molecule has 0 saturated heterocycles. The normalized spacial score (nSPS) is 12.8. The molecule has 0 saturated carbocycles. The van der Waals surface area contributed by atoms with Crippen LogP contribution in [0.2, 0.25) is 0 Å². The Kier molecular flexibility index (Phi) is 5.98. The van der Waals surface area contributed by atoms with Crippen LogP contribution >= 0.6 is 0 Å². The topological polar surface area (TPSA) is 21.1 Å². The smallest absolute Gasteiger partial charge is 0.0946 e. The molecule has 0 aliphatic carbocycles. The fraction of sp³-hybridized carbons (Fsp3) is 0.643. The number of imidazole rings is 1. The molecule has 1 aromatic heterocycles. The minimum atomic E-state index is 0.633. The predicted octanol–water partition coefficient (Wildman–Crippen LogP) is 2.95. The third-order valence-corrected chi connectivity index (χ3v) is 3.16. The van der Waals surface area contributed by atoms with Gasteiger partial charge in [-0.1, -0.05) is 11.6 Å². The standard InChI is InChI=1S/C14H25N3/c1-13(2)6-5-7-14(3)16(4)10-11-17-9-8-15-12-17/h6,8-9,12,14H,5,7,10-11H2,1-4H3/t14-/m0/s1. The number of hydrogen-bond acceptors (Lipinski definition) is 2. The number of hydrogen-bond donors (Lipinski definition) is 0. The Morgan fingerprint density at radius 1 is 1.47 bits per heavy atom. The number of allylic oxidation sites excluding steroid dienone is 2. The third kappa shape index (κ3) is 5.68. The molecule has 0 aromatic carbocycles. The summed E-state index contributed by atoms with van der Waals surface area (Å²) >= 11 is 0. The highest BCUT2D eigenvalue weighted by Crippen LogP contribution is 2.06. The molecule has 17 heavy (non-hydrogen) atoms. The van der Waals surface area contributed by atoms with Gasteiger partial charge >= 0.3 is 0 Å². The summed E-state index contributed by atoms with van der Waals surface area (Å²) in [5.41, 5.74) is 1.42. The van der Waals surface area contributed by atoms with Crippen LogP contribution in [0.3, 0.4) is 0 Å². The summed E-state index contributed by atoms with van der Waals surface area (Å²) in [5, 5.41) is 0. The SMILES string of the molecule is CC(C)=CCC[C@H](C)N(C)CCn1ccnc1. The van der Waals surface area contributed by atoms with E-state index in [4.69, 9.17) is 0 Å². The van der Waals surface area contributed by atoms with Crippen molar-refractivity contribution >= 4 is 0 Å². The van der Waals surface area contributed by atoms with Crippen molar-refractivity contribution in [3.8, 4) is 0 Å². The number of rotatable bonds is 7. The van der Waals surface area contributed by atoms with Crippen molar-refractivity contribution in [2.75, 3.05) is 13.6 Å². The Balaban J connectivity index is 2.22. The zero-order valence-electron chi connectivity index (χ0n) is 11.6. The molecule has 0 amide bonds. The highest BCUT2D eigenvalue weighted by Gasteiger charge is 2.07. The van der Waals surface area contributed by atoms with E-state index in [9.17, 15) is 0 Å². The third-order valence-electron chi connectivity index (χ3n) is 3.16. The van der Waals surface area contributed by atoms with Gasteiger partial charge in [0.15, 0.2) is 0 Å². The van der Waals surface area contributed by atoms with E-state index in [-0.39, 0.29) is 0 Å². The molecule has 0 fully saturated rings. The molecule has 3 nitrogen and oxygen atoms in total. The molecule has 96 valence electrons. The molecule has 0 aliphatic rings. The molecule has 1 rings (SSSR count). The van der Waals surface area contributed by atoms with Gasteiger partial charge in [-0.15, -0.1) is 0 Å². The lowest BCUT2D eigenvalue weighted by atomic mass is 10.1. The largest absolute Gasteiger partial charge is 0.336 e. The Hall–Kier alpha value is -1.09. The molecule has 3 heteroatoms. The highest BCUT2D eigenvalue weighted by atomic mass is 15.1. The van der Waals surface area contributed by atoms with Gasteiger partial charge in [-0.2, -0.15) is 0 Å². The summed E-state index contributed by atoms with van der Waals surface area (Å²) in [6.45, 7) is 8.71. The predicted molar refractivity (Wildman–Crippen MR) is 73.0 cm³/mol. The van der Waals surface area contributed by atoms with Gasteiger partial charge in [0.25, 0.3) is 0 Å². The van der Waals surface area contributed by atoms with Gasteiger partial charge in [0.1, 0.15) is 0 Å². The second-order valence-corrected chi connectivity index (χ2v) is 4.99. The van der Waals surface area contributed by atoms with E-state index in [0.29, 0.717) is 6.04 Å². The summed E-state index contributed by atoms with van der Waals surface area (Å²) in [6, 6.07) is 0.633. The average Bonchev–Trinajstić information content (AvgIpc) is 2.78. The van der Waals surface area contributed by atoms with Crippen LogP contribution < -0.4 is 0 Å². The van der Waals surface area contributed by atoms with Crippen molar-refractivity contribution in [1.82, 2.24) is 14.5 Å². The molecular formula is C14H25N3. The van der Waals surface area contributed by atoms with Crippen molar-refractivity contribution in [3.05, 3.63) is 30.4 Å². The van der Waals surface area contributed by atoms with E-state index in [2.05, 4.69) is 48.3 Å². The maximum atomic E-state index is 4.05. The fourth-order valence-electron chi connectivity index (χ4n) is 1.75. The maximum absolute atomic E-state index is 4.05. The molecule has 1 atom stereocenters.